The van der Waals surface area contributed by atoms with Gasteiger partial charge in [-0.2, -0.15) is 0 Å². The molecule has 0 saturated heterocycles. The Labute approximate surface area is 116 Å². The fourth-order valence-electron chi connectivity index (χ4n) is 1.72. The van der Waals surface area contributed by atoms with Crippen LogP contribution in [0.2, 0.25) is 0 Å². The minimum Gasteiger partial charge on any atom is -0.480 e. The molecule has 1 N–H and O–H groups in total. The fourth-order valence-corrected chi connectivity index (χ4v) is 3.01. The van der Waals surface area contributed by atoms with Crippen LogP contribution in [-0.4, -0.2) is 15.3 Å². The van der Waals surface area contributed by atoms with Crippen LogP contribution in [0, 0.1) is 11.6 Å². The minimum absolute atomic E-state index is 0.0693. The predicted molar refractivity (Wildman–Crippen MR) is 69.6 cm³/mol. The van der Waals surface area contributed by atoms with Gasteiger partial charge in [0.05, 0.1) is 10.8 Å². The van der Waals surface area contributed by atoms with Crippen molar-refractivity contribution in [3.05, 3.63) is 65.7 Å². The first-order valence-electron chi connectivity index (χ1n) is 5.64. The summed E-state index contributed by atoms with van der Waals surface area (Å²) >= 11 is 0. The van der Waals surface area contributed by atoms with E-state index in [9.17, 15) is 22.9 Å². The molecule has 0 fully saturated rings. The van der Waals surface area contributed by atoms with Crippen LogP contribution < -0.4 is 0 Å². The van der Waals surface area contributed by atoms with Crippen molar-refractivity contribution in [2.45, 2.75) is 10.1 Å². The Kier molecular flexibility index (Phi) is 4.24. The second-order valence-corrected chi connectivity index (χ2v) is 5.54. The van der Waals surface area contributed by atoms with Crippen molar-refractivity contribution < 1.29 is 22.9 Å². The molecule has 2 rings (SSSR count). The first-order valence-corrected chi connectivity index (χ1v) is 6.85. The first kappa shape index (κ1) is 14.3. The van der Waals surface area contributed by atoms with E-state index in [4.69, 9.17) is 0 Å². The molecule has 0 saturated carbocycles. The molecule has 2 aromatic rings. The highest BCUT2D eigenvalue weighted by atomic mass is 32.2. The van der Waals surface area contributed by atoms with Crippen molar-refractivity contribution in [1.29, 1.82) is 0 Å². The van der Waals surface area contributed by atoms with Crippen molar-refractivity contribution in [3.63, 3.8) is 0 Å². The molecule has 0 aliphatic carbocycles. The van der Waals surface area contributed by atoms with Crippen LogP contribution in [0.4, 0.5) is 8.78 Å². The average Bonchev–Trinajstić information content (AvgIpc) is 2.42. The number of halogens is 2. The maximum absolute atomic E-state index is 13.1. The van der Waals surface area contributed by atoms with Gasteiger partial charge in [-0.15, -0.1) is 0 Å². The normalized spacial score (nSPS) is 13.7. The van der Waals surface area contributed by atoms with E-state index < -0.39 is 33.7 Å². The summed E-state index contributed by atoms with van der Waals surface area (Å²) in [6.45, 7) is 0. The van der Waals surface area contributed by atoms with E-state index in [-0.39, 0.29) is 4.90 Å². The van der Waals surface area contributed by atoms with Crippen molar-refractivity contribution >= 4 is 16.8 Å². The highest BCUT2D eigenvalue weighted by Gasteiger charge is 2.28. The monoisotopic (exact) mass is 296 g/mol. The zero-order chi connectivity index (χ0) is 14.7. The molecule has 0 bridgehead atoms. The van der Waals surface area contributed by atoms with Crippen molar-refractivity contribution in [1.82, 2.24) is 0 Å². The van der Waals surface area contributed by atoms with Crippen LogP contribution in [0.1, 0.15) is 10.8 Å². The third-order valence-electron chi connectivity index (χ3n) is 2.66. The molecule has 0 aliphatic rings. The molecular formula is C14H10F2O3S. The summed E-state index contributed by atoms with van der Waals surface area (Å²) in [5.41, 5.74) is 0.336. The van der Waals surface area contributed by atoms with Gasteiger partial charge in [0.15, 0.2) is 16.9 Å². The van der Waals surface area contributed by atoms with Gasteiger partial charge < -0.3 is 5.11 Å². The number of carboxylic acid groups (broad SMARTS) is 1. The molecule has 3 nitrogen and oxygen atoms in total. The molecule has 0 heterocycles. The lowest BCUT2D eigenvalue weighted by Gasteiger charge is -2.12. The zero-order valence-corrected chi connectivity index (χ0v) is 10.9. The van der Waals surface area contributed by atoms with Gasteiger partial charge in [-0.05, 0) is 23.8 Å². The van der Waals surface area contributed by atoms with Gasteiger partial charge >= 0.3 is 5.97 Å². The van der Waals surface area contributed by atoms with Crippen LogP contribution in [0.15, 0.2) is 53.4 Å². The Balaban J connectivity index is 2.42. The zero-order valence-electron chi connectivity index (χ0n) is 10.1. The SMILES string of the molecule is O=C(O)C(c1ccccc1)S(=O)c1ccc(F)c(F)c1. The molecule has 0 aromatic heterocycles. The second kappa shape index (κ2) is 5.92. The number of hydrogen-bond acceptors (Lipinski definition) is 2. The van der Waals surface area contributed by atoms with Crippen LogP contribution in [0.3, 0.4) is 0 Å². The van der Waals surface area contributed by atoms with Gasteiger partial charge in [-0.3, -0.25) is 9.00 Å². The fraction of sp³-hybridized carbons (Fsp3) is 0.0714. The lowest BCUT2D eigenvalue weighted by Crippen LogP contribution is -2.17. The molecule has 20 heavy (non-hydrogen) atoms. The number of carbonyl (C=O) groups is 1. The smallest absolute Gasteiger partial charge is 0.324 e. The Morgan fingerprint density at radius 3 is 2.25 bits per heavy atom. The van der Waals surface area contributed by atoms with Crippen molar-refractivity contribution in [3.8, 4) is 0 Å². The second-order valence-electron chi connectivity index (χ2n) is 4.00. The molecule has 2 unspecified atom stereocenters. The van der Waals surface area contributed by atoms with E-state index >= 15 is 0 Å². The minimum atomic E-state index is -2.03. The number of benzene rings is 2. The molecule has 0 aliphatic heterocycles. The molecule has 0 amide bonds. The maximum Gasteiger partial charge on any atom is 0.324 e. The van der Waals surface area contributed by atoms with Gasteiger partial charge in [-0.1, -0.05) is 30.3 Å². The maximum atomic E-state index is 13.1. The van der Waals surface area contributed by atoms with Crippen molar-refractivity contribution in [2.75, 3.05) is 0 Å². The van der Waals surface area contributed by atoms with E-state index in [1.165, 1.54) is 12.1 Å². The van der Waals surface area contributed by atoms with Crippen LogP contribution in [-0.2, 0) is 15.6 Å². The van der Waals surface area contributed by atoms with Crippen molar-refractivity contribution in [2.24, 2.45) is 0 Å². The molecule has 104 valence electrons. The summed E-state index contributed by atoms with van der Waals surface area (Å²) < 4.78 is 38.3. The highest BCUT2D eigenvalue weighted by Crippen LogP contribution is 2.26. The van der Waals surface area contributed by atoms with Gasteiger partial charge in [0.1, 0.15) is 0 Å². The van der Waals surface area contributed by atoms with E-state index in [2.05, 4.69) is 0 Å². The molecule has 2 aromatic carbocycles. The van der Waals surface area contributed by atoms with Gasteiger partial charge in [0.2, 0.25) is 0 Å². The average molecular weight is 296 g/mol. The molecule has 6 heteroatoms. The number of hydrogen-bond donors (Lipinski definition) is 1. The Morgan fingerprint density at radius 2 is 1.70 bits per heavy atom. The van der Waals surface area contributed by atoms with Gasteiger partial charge in [-0.25, -0.2) is 8.78 Å². The summed E-state index contributed by atoms with van der Waals surface area (Å²) in [7, 11) is -2.03. The third kappa shape index (κ3) is 2.91. The summed E-state index contributed by atoms with van der Waals surface area (Å²) in [4.78, 5) is 11.2. The molecule has 0 radical (unpaired) electrons. The van der Waals surface area contributed by atoms with Crippen LogP contribution in [0.25, 0.3) is 0 Å². The Hall–Kier alpha value is -2.08. The largest absolute Gasteiger partial charge is 0.480 e. The van der Waals surface area contributed by atoms with Crippen LogP contribution in [0.5, 0.6) is 0 Å². The Morgan fingerprint density at radius 1 is 1.05 bits per heavy atom. The topological polar surface area (TPSA) is 54.4 Å². The van der Waals surface area contributed by atoms with E-state index in [1.54, 1.807) is 18.2 Å². The number of rotatable bonds is 4. The Bertz CT molecular complexity index is 659. The van der Waals surface area contributed by atoms with Crippen LogP contribution >= 0.6 is 0 Å². The summed E-state index contributed by atoms with van der Waals surface area (Å²) in [6.07, 6.45) is 0. The lowest BCUT2D eigenvalue weighted by atomic mass is 10.1. The molecule has 0 spiro atoms. The number of aliphatic carboxylic acids is 1. The predicted octanol–water partition coefficient (Wildman–Crippen LogP) is 2.90. The molecular weight excluding hydrogens is 286 g/mol. The van der Waals surface area contributed by atoms with E-state index in [1.807, 2.05) is 0 Å². The lowest BCUT2D eigenvalue weighted by molar-refractivity contribution is -0.136. The first-order chi connectivity index (χ1) is 9.50. The molecule has 2 atom stereocenters. The summed E-state index contributed by atoms with van der Waals surface area (Å²) in [5, 5.41) is 7.89. The summed E-state index contributed by atoms with van der Waals surface area (Å²) in [6, 6.07) is 10.7. The standard InChI is InChI=1S/C14H10F2O3S/c15-11-7-6-10(8-12(11)16)20(19)13(14(17)18)9-4-2-1-3-5-9/h1-8,13H,(H,17,18). The number of carboxylic acids is 1. The van der Waals surface area contributed by atoms with E-state index in [0.717, 1.165) is 18.2 Å². The highest BCUT2D eigenvalue weighted by molar-refractivity contribution is 7.86. The van der Waals surface area contributed by atoms with Gasteiger partial charge in [0, 0.05) is 4.90 Å². The van der Waals surface area contributed by atoms with Gasteiger partial charge in [0.25, 0.3) is 0 Å². The third-order valence-corrected chi connectivity index (χ3v) is 4.28. The summed E-state index contributed by atoms with van der Waals surface area (Å²) in [5.74, 6) is -3.52. The quantitative estimate of drug-likeness (QED) is 0.944. The van der Waals surface area contributed by atoms with E-state index in [0.29, 0.717) is 5.56 Å².